The average Bonchev–Trinajstić information content (AvgIpc) is 2.30. The van der Waals surface area contributed by atoms with Gasteiger partial charge in [0.1, 0.15) is 0 Å². The van der Waals surface area contributed by atoms with Crippen LogP contribution in [0.3, 0.4) is 0 Å². The second-order valence-corrected chi connectivity index (χ2v) is 3.80. The van der Waals surface area contributed by atoms with Crippen molar-refractivity contribution in [3.05, 3.63) is 35.9 Å². The minimum Gasteiger partial charge on any atom is -0.346 e. The van der Waals surface area contributed by atoms with Crippen LogP contribution in [0, 0.1) is 0 Å². The maximum absolute atomic E-state index is 11.4. The molecule has 15 heavy (non-hydrogen) atoms. The Bertz CT molecular complexity index is 324. The van der Waals surface area contributed by atoms with E-state index in [-0.39, 0.29) is 5.91 Å². The first-order valence-electron chi connectivity index (χ1n) is 5.19. The Morgan fingerprint density at radius 3 is 2.47 bits per heavy atom. The molecule has 82 valence electrons. The van der Waals surface area contributed by atoms with Gasteiger partial charge in [-0.25, -0.2) is 0 Å². The summed E-state index contributed by atoms with van der Waals surface area (Å²) in [6.07, 6.45) is 0.475. The lowest BCUT2D eigenvalue weighted by molar-refractivity contribution is -0.122. The van der Waals surface area contributed by atoms with Gasteiger partial charge < -0.3 is 11.1 Å². The van der Waals surface area contributed by atoms with Crippen LogP contribution in [0.15, 0.2) is 30.3 Å². The van der Waals surface area contributed by atoms with E-state index in [4.69, 9.17) is 5.73 Å². The molecule has 0 bridgehead atoms. The van der Waals surface area contributed by atoms with Gasteiger partial charge in [-0.3, -0.25) is 4.79 Å². The molecule has 1 amide bonds. The van der Waals surface area contributed by atoms with E-state index in [0.717, 1.165) is 5.56 Å². The molecule has 1 rings (SSSR count). The zero-order valence-electron chi connectivity index (χ0n) is 9.29. The molecule has 0 radical (unpaired) electrons. The molecule has 0 aliphatic rings. The van der Waals surface area contributed by atoms with Crippen LogP contribution in [-0.4, -0.2) is 12.5 Å². The quantitative estimate of drug-likeness (QED) is 0.782. The largest absolute Gasteiger partial charge is 0.346 e. The minimum absolute atomic E-state index is 0.0202. The molecule has 1 unspecified atom stereocenters. The molecule has 1 atom stereocenters. The molecule has 0 aromatic heterocycles. The van der Waals surface area contributed by atoms with Gasteiger partial charge in [-0.2, -0.15) is 0 Å². The monoisotopic (exact) mass is 206 g/mol. The highest BCUT2D eigenvalue weighted by Crippen LogP contribution is 2.18. The van der Waals surface area contributed by atoms with Crippen molar-refractivity contribution in [1.29, 1.82) is 0 Å². The molecule has 0 saturated heterocycles. The second kappa shape index (κ2) is 4.94. The normalized spacial score (nSPS) is 14.3. The Balaban J connectivity index is 2.90. The first kappa shape index (κ1) is 11.7. The number of hydrogen-bond acceptors (Lipinski definition) is 2. The summed E-state index contributed by atoms with van der Waals surface area (Å²) in [6, 6.07) is 9.79. The molecule has 1 aromatic carbocycles. The lowest BCUT2D eigenvalue weighted by Gasteiger charge is -2.29. The van der Waals surface area contributed by atoms with Gasteiger partial charge >= 0.3 is 0 Å². The van der Waals surface area contributed by atoms with E-state index < -0.39 is 5.54 Å². The molecule has 0 aliphatic heterocycles. The van der Waals surface area contributed by atoms with E-state index in [1.807, 2.05) is 44.2 Å². The van der Waals surface area contributed by atoms with E-state index >= 15 is 0 Å². The SMILES string of the molecule is CCC(=O)NC(C)(CN)c1ccccc1. The van der Waals surface area contributed by atoms with Crippen molar-refractivity contribution in [1.82, 2.24) is 5.32 Å². The summed E-state index contributed by atoms with van der Waals surface area (Å²) in [5.74, 6) is 0.0202. The molecule has 0 aliphatic carbocycles. The minimum atomic E-state index is -0.464. The average molecular weight is 206 g/mol. The standard InChI is InChI=1S/C12H18N2O/c1-3-11(15)14-12(2,9-13)10-7-5-4-6-8-10/h4-8H,3,9,13H2,1-2H3,(H,14,15). The van der Waals surface area contributed by atoms with Crippen LogP contribution in [0.5, 0.6) is 0 Å². The smallest absolute Gasteiger partial charge is 0.220 e. The fraction of sp³-hybridized carbons (Fsp3) is 0.417. The molecule has 3 nitrogen and oxygen atoms in total. The number of hydrogen-bond donors (Lipinski definition) is 2. The van der Waals surface area contributed by atoms with Crippen molar-refractivity contribution in [2.24, 2.45) is 5.73 Å². The van der Waals surface area contributed by atoms with Crippen LogP contribution >= 0.6 is 0 Å². The Morgan fingerprint density at radius 1 is 1.40 bits per heavy atom. The molecular weight excluding hydrogens is 188 g/mol. The first-order valence-corrected chi connectivity index (χ1v) is 5.19. The topological polar surface area (TPSA) is 55.1 Å². The van der Waals surface area contributed by atoms with Crippen molar-refractivity contribution >= 4 is 5.91 Å². The highest BCUT2D eigenvalue weighted by atomic mass is 16.1. The molecule has 3 N–H and O–H groups in total. The molecule has 0 spiro atoms. The lowest BCUT2D eigenvalue weighted by Crippen LogP contribution is -2.48. The zero-order valence-corrected chi connectivity index (χ0v) is 9.29. The van der Waals surface area contributed by atoms with Gasteiger partial charge in [0, 0.05) is 13.0 Å². The van der Waals surface area contributed by atoms with Crippen LogP contribution in [0.25, 0.3) is 0 Å². The number of benzene rings is 1. The van der Waals surface area contributed by atoms with Crippen LogP contribution < -0.4 is 11.1 Å². The summed E-state index contributed by atoms with van der Waals surface area (Å²) in [7, 11) is 0. The van der Waals surface area contributed by atoms with Crippen LogP contribution in [0.4, 0.5) is 0 Å². The third-order valence-electron chi connectivity index (χ3n) is 2.56. The number of rotatable bonds is 4. The maximum Gasteiger partial charge on any atom is 0.220 e. The first-order chi connectivity index (χ1) is 7.12. The van der Waals surface area contributed by atoms with Crippen LogP contribution in [0.2, 0.25) is 0 Å². The molecule has 0 fully saturated rings. The summed E-state index contributed by atoms with van der Waals surface area (Å²) < 4.78 is 0. The Morgan fingerprint density at radius 2 is 2.00 bits per heavy atom. The fourth-order valence-corrected chi connectivity index (χ4v) is 1.44. The van der Waals surface area contributed by atoms with Crippen molar-refractivity contribution in [2.75, 3.05) is 6.54 Å². The van der Waals surface area contributed by atoms with Gasteiger partial charge in [0.15, 0.2) is 0 Å². The van der Waals surface area contributed by atoms with Crippen molar-refractivity contribution in [3.8, 4) is 0 Å². The van der Waals surface area contributed by atoms with E-state index in [9.17, 15) is 4.79 Å². The summed E-state index contributed by atoms with van der Waals surface area (Å²) in [6.45, 7) is 4.16. The molecule has 0 saturated carbocycles. The number of amides is 1. The third-order valence-corrected chi connectivity index (χ3v) is 2.56. The summed E-state index contributed by atoms with van der Waals surface area (Å²) in [5, 5.41) is 2.95. The van der Waals surface area contributed by atoms with Crippen LogP contribution in [-0.2, 0) is 10.3 Å². The third kappa shape index (κ3) is 2.80. The van der Waals surface area contributed by atoms with Gasteiger partial charge in [0.2, 0.25) is 5.91 Å². The fourth-order valence-electron chi connectivity index (χ4n) is 1.44. The summed E-state index contributed by atoms with van der Waals surface area (Å²) >= 11 is 0. The van der Waals surface area contributed by atoms with E-state index in [1.165, 1.54) is 0 Å². The summed E-state index contributed by atoms with van der Waals surface area (Å²) in [5.41, 5.74) is 6.30. The lowest BCUT2D eigenvalue weighted by atomic mass is 9.92. The van der Waals surface area contributed by atoms with Crippen molar-refractivity contribution in [3.63, 3.8) is 0 Å². The number of carbonyl (C=O) groups is 1. The van der Waals surface area contributed by atoms with Gasteiger partial charge in [-0.1, -0.05) is 37.3 Å². The molecule has 3 heteroatoms. The molecular formula is C12H18N2O. The van der Waals surface area contributed by atoms with Gasteiger partial charge in [-0.15, -0.1) is 0 Å². The second-order valence-electron chi connectivity index (χ2n) is 3.80. The van der Waals surface area contributed by atoms with E-state index in [2.05, 4.69) is 5.32 Å². The van der Waals surface area contributed by atoms with Gasteiger partial charge in [0.05, 0.1) is 5.54 Å². The van der Waals surface area contributed by atoms with Crippen molar-refractivity contribution < 1.29 is 4.79 Å². The Labute approximate surface area is 90.7 Å². The van der Waals surface area contributed by atoms with E-state index in [0.29, 0.717) is 13.0 Å². The predicted octanol–water partition coefficient (Wildman–Crippen LogP) is 1.39. The zero-order chi connectivity index (χ0) is 11.3. The number of nitrogens with one attached hydrogen (secondary N) is 1. The Hall–Kier alpha value is -1.35. The highest BCUT2D eigenvalue weighted by Gasteiger charge is 2.25. The van der Waals surface area contributed by atoms with Crippen molar-refractivity contribution in [2.45, 2.75) is 25.8 Å². The maximum atomic E-state index is 11.4. The van der Waals surface area contributed by atoms with Gasteiger partial charge in [0.25, 0.3) is 0 Å². The molecule has 0 heterocycles. The number of carbonyl (C=O) groups excluding carboxylic acids is 1. The molecule has 1 aromatic rings. The predicted molar refractivity (Wildman–Crippen MR) is 61.3 cm³/mol. The van der Waals surface area contributed by atoms with Gasteiger partial charge in [-0.05, 0) is 12.5 Å². The van der Waals surface area contributed by atoms with Crippen LogP contribution in [0.1, 0.15) is 25.8 Å². The highest BCUT2D eigenvalue weighted by molar-refractivity contribution is 5.76. The summed E-state index contributed by atoms with van der Waals surface area (Å²) in [4.78, 5) is 11.4. The Kier molecular flexibility index (Phi) is 3.86. The van der Waals surface area contributed by atoms with E-state index in [1.54, 1.807) is 0 Å². The number of nitrogens with two attached hydrogens (primary N) is 1.